The first-order valence-electron chi connectivity index (χ1n) is 6.09. The van der Waals surface area contributed by atoms with Crippen molar-refractivity contribution in [3.63, 3.8) is 0 Å². The van der Waals surface area contributed by atoms with Gasteiger partial charge >= 0.3 is 6.09 Å². The fourth-order valence-corrected chi connectivity index (χ4v) is 1.70. The van der Waals surface area contributed by atoms with Crippen molar-refractivity contribution in [1.29, 1.82) is 0 Å². The maximum atomic E-state index is 11.8. The van der Waals surface area contributed by atoms with E-state index >= 15 is 0 Å². The van der Waals surface area contributed by atoms with Crippen molar-refractivity contribution in [3.05, 3.63) is 0 Å². The Balaban J connectivity index is 2.39. The zero-order chi connectivity index (χ0) is 13.1. The first-order chi connectivity index (χ1) is 7.81. The quantitative estimate of drug-likeness (QED) is 0.798. The maximum Gasteiger partial charge on any atom is 0.410 e. The van der Waals surface area contributed by atoms with Crippen LogP contribution in [0.2, 0.25) is 0 Å². The number of rotatable bonds is 2. The standard InChI is InChI=1S/C12H22N2O3/c1-5-10(15)13-9-6-7-14(8-9)11(16)17-12(2,3)4/h9H,5-8H2,1-4H3,(H,13,15)/t9-/m0/s1. The topological polar surface area (TPSA) is 58.6 Å². The molecule has 0 aromatic carbocycles. The van der Waals surface area contributed by atoms with Gasteiger partial charge in [-0.25, -0.2) is 4.79 Å². The van der Waals surface area contributed by atoms with Crippen LogP contribution in [0, 0.1) is 0 Å². The Morgan fingerprint density at radius 2 is 2.06 bits per heavy atom. The average Bonchev–Trinajstić information content (AvgIpc) is 2.63. The molecule has 0 aromatic heterocycles. The summed E-state index contributed by atoms with van der Waals surface area (Å²) in [5, 5.41) is 2.89. The largest absolute Gasteiger partial charge is 0.444 e. The number of hydrogen-bond acceptors (Lipinski definition) is 3. The number of ether oxygens (including phenoxy) is 1. The highest BCUT2D eigenvalue weighted by Gasteiger charge is 2.30. The molecule has 1 saturated heterocycles. The monoisotopic (exact) mass is 242 g/mol. The molecule has 0 radical (unpaired) electrons. The van der Waals surface area contributed by atoms with Crippen LogP contribution < -0.4 is 5.32 Å². The second kappa shape index (κ2) is 5.38. The molecule has 1 heterocycles. The molecule has 1 fully saturated rings. The zero-order valence-corrected chi connectivity index (χ0v) is 11.1. The van der Waals surface area contributed by atoms with Gasteiger partial charge in [0, 0.05) is 25.6 Å². The summed E-state index contributed by atoms with van der Waals surface area (Å²) < 4.78 is 5.28. The zero-order valence-electron chi connectivity index (χ0n) is 11.1. The summed E-state index contributed by atoms with van der Waals surface area (Å²) in [7, 11) is 0. The average molecular weight is 242 g/mol. The van der Waals surface area contributed by atoms with E-state index in [2.05, 4.69) is 5.32 Å². The molecule has 5 heteroatoms. The summed E-state index contributed by atoms with van der Waals surface area (Å²) in [5.41, 5.74) is -0.470. The van der Waals surface area contributed by atoms with Crippen molar-refractivity contribution >= 4 is 12.0 Å². The van der Waals surface area contributed by atoms with Gasteiger partial charge in [0.25, 0.3) is 0 Å². The van der Waals surface area contributed by atoms with E-state index in [-0.39, 0.29) is 18.0 Å². The Hall–Kier alpha value is -1.26. The molecule has 5 nitrogen and oxygen atoms in total. The van der Waals surface area contributed by atoms with Gasteiger partial charge in [0.05, 0.1) is 0 Å². The number of nitrogens with zero attached hydrogens (tertiary/aromatic N) is 1. The van der Waals surface area contributed by atoms with E-state index in [1.165, 1.54) is 0 Å². The summed E-state index contributed by atoms with van der Waals surface area (Å²) >= 11 is 0. The SMILES string of the molecule is CCC(=O)N[C@H]1CCN(C(=O)OC(C)(C)C)C1. The van der Waals surface area contributed by atoms with Crippen LogP contribution in [0.4, 0.5) is 4.79 Å². The van der Waals surface area contributed by atoms with Gasteiger partial charge in [-0.3, -0.25) is 4.79 Å². The Morgan fingerprint density at radius 3 is 2.59 bits per heavy atom. The molecule has 1 N–H and O–H groups in total. The molecule has 0 unspecified atom stereocenters. The predicted octanol–water partition coefficient (Wildman–Crippen LogP) is 1.52. The lowest BCUT2D eigenvalue weighted by Gasteiger charge is -2.24. The normalized spacial score (nSPS) is 20.2. The minimum Gasteiger partial charge on any atom is -0.444 e. The third-order valence-corrected chi connectivity index (χ3v) is 2.53. The number of hydrogen-bond donors (Lipinski definition) is 1. The number of likely N-dealkylation sites (tertiary alicyclic amines) is 1. The molecule has 1 rings (SSSR count). The lowest BCUT2D eigenvalue weighted by atomic mass is 10.2. The van der Waals surface area contributed by atoms with Crippen molar-refractivity contribution in [2.75, 3.05) is 13.1 Å². The Bertz CT molecular complexity index is 297. The van der Waals surface area contributed by atoms with Crippen molar-refractivity contribution < 1.29 is 14.3 Å². The molecular weight excluding hydrogens is 220 g/mol. The summed E-state index contributed by atoms with van der Waals surface area (Å²) in [4.78, 5) is 24.6. The molecule has 98 valence electrons. The van der Waals surface area contributed by atoms with Crippen LogP contribution in [0.5, 0.6) is 0 Å². The Morgan fingerprint density at radius 1 is 1.41 bits per heavy atom. The lowest BCUT2D eigenvalue weighted by molar-refractivity contribution is -0.121. The highest BCUT2D eigenvalue weighted by Crippen LogP contribution is 2.15. The summed E-state index contributed by atoms with van der Waals surface area (Å²) in [6, 6.07) is 0.0648. The summed E-state index contributed by atoms with van der Waals surface area (Å²) in [6.07, 6.45) is 0.972. The van der Waals surface area contributed by atoms with Crippen molar-refractivity contribution in [1.82, 2.24) is 10.2 Å². The van der Waals surface area contributed by atoms with E-state index in [9.17, 15) is 9.59 Å². The van der Waals surface area contributed by atoms with Crippen molar-refractivity contribution in [2.45, 2.75) is 52.2 Å². The lowest BCUT2D eigenvalue weighted by Crippen LogP contribution is -2.40. The fourth-order valence-electron chi connectivity index (χ4n) is 1.70. The summed E-state index contributed by atoms with van der Waals surface area (Å²) in [6.45, 7) is 8.53. The fraction of sp³-hybridized carbons (Fsp3) is 0.833. The molecular formula is C12H22N2O3. The molecule has 2 amide bonds. The van der Waals surface area contributed by atoms with Gasteiger partial charge in [0.15, 0.2) is 0 Å². The van der Waals surface area contributed by atoms with E-state index in [4.69, 9.17) is 4.74 Å². The highest BCUT2D eigenvalue weighted by molar-refractivity contribution is 5.76. The van der Waals surface area contributed by atoms with E-state index in [0.717, 1.165) is 6.42 Å². The van der Waals surface area contributed by atoms with Crippen LogP contribution >= 0.6 is 0 Å². The second-order valence-electron chi connectivity index (χ2n) is 5.33. The third kappa shape index (κ3) is 4.63. The first kappa shape index (κ1) is 13.8. The Labute approximate surface area is 102 Å². The molecule has 0 aliphatic carbocycles. The molecule has 1 aliphatic heterocycles. The van der Waals surface area contributed by atoms with Crippen LogP contribution in [0.25, 0.3) is 0 Å². The molecule has 1 aliphatic rings. The van der Waals surface area contributed by atoms with Gasteiger partial charge in [0.2, 0.25) is 5.91 Å². The first-order valence-corrected chi connectivity index (χ1v) is 6.09. The second-order valence-corrected chi connectivity index (χ2v) is 5.33. The molecule has 17 heavy (non-hydrogen) atoms. The molecule has 0 bridgehead atoms. The van der Waals surface area contributed by atoms with Crippen LogP contribution in [0.1, 0.15) is 40.5 Å². The van der Waals surface area contributed by atoms with E-state index in [0.29, 0.717) is 19.5 Å². The van der Waals surface area contributed by atoms with Crippen LogP contribution in [0.15, 0.2) is 0 Å². The third-order valence-electron chi connectivity index (χ3n) is 2.53. The molecule has 0 spiro atoms. The van der Waals surface area contributed by atoms with Crippen LogP contribution in [-0.4, -0.2) is 41.6 Å². The molecule has 0 aromatic rings. The highest BCUT2D eigenvalue weighted by atomic mass is 16.6. The number of nitrogens with one attached hydrogen (secondary N) is 1. The smallest absolute Gasteiger partial charge is 0.410 e. The van der Waals surface area contributed by atoms with Gasteiger partial charge in [-0.05, 0) is 27.2 Å². The van der Waals surface area contributed by atoms with Crippen LogP contribution in [-0.2, 0) is 9.53 Å². The van der Waals surface area contributed by atoms with Gasteiger partial charge in [-0.2, -0.15) is 0 Å². The minimum absolute atomic E-state index is 0.0287. The van der Waals surface area contributed by atoms with E-state index < -0.39 is 5.60 Å². The number of carbonyl (C=O) groups is 2. The van der Waals surface area contributed by atoms with Crippen molar-refractivity contribution in [3.8, 4) is 0 Å². The molecule has 0 saturated carbocycles. The van der Waals surface area contributed by atoms with E-state index in [1.54, 1.807) is 4.90 Å². The van der Waals surface area contributed by atoms with Gasteiger partial charge in [0.1, 0.15) is 5.60 Å². The Kier molecular flexibility index (Phi) is 4.37. The van der Waals surface area contributed by atoms with Crippen molar-refractivity contribution in [2.24, 2.45) is 0 Å². The van der Waals surface area contributed by atoms with Crippen LogP contribution in [0.3, 0.4) is 0 Å². The van der Waals surface area contributed by atoms with Gasteiger partial charge < -0.3 is 15.0 Å². The van der Waals surface area contributed by atoms with Gasteiger partial charge in [-0.15, -0.1) is 0 Å². The van der Waals surface area contributed by atoms with Gasteiger partial charge in [-0.1, -0.05) is 6.92 Å². The van der Waals surface area contributed by atoms with E-state index in [1.807, 2.05) is 27.7 Å². The predicted molar refractivity (Wildman–Crippen MR) is 64.6 cm³/mol. The number of carbonyl (C=O) groups excluding carboxylic acids is 2. The minimum atomic E-state index is -0.470. The maximum absolute atomic E-state index is 11.8. The summed E-state index contributed by atoms with van der Waals surface area (Å²) in [5.74, 6) is 0.0287. The number of amides is 2. The molecule has 1 atom stereocenters.